The second-order valence-electron chi connectivity index (χ2n) is 5.93. The minimum atomic E-state index is -0.424. The Balaban J connectivity index is 2.20. The van der Waals surface area contributed by atoms with Gasteiger partial charge in [0.1, 0.15) is 11.6 Å². The number of nitrogens with one attached hydrogen (secondary N) is 2. The molecule has 4 nitrogen and oxygen atoms in total. The highest BCUT2D eigenvalue weighted by Crippen LogP contribution is 2.39. The van der Waals surface area contributed by atoms with E-state index in [1.54, 1.807) is 6.92 Å². The Hall–Kier alpha value is -1.84. The van der Waals surface area contributed by atoms with E-state index in [9.17, 15) is 4.79 Å². The molecule has 1 aromatic heterocycles. The number of ketones is 1. The minimum absolute atomic E-state index is 0.196. The van der Waals surface area contributed by atoms with Crippen LogP contribution in [0.2, 0.25) is 0 Å². The average Bonchev–Trinajstić information content (AvgIpc) is 2.90. The lowest BCUT2D eigenvalue weighted by Gasteiger charge is -2.19. The average molecular weight is 257 g/mol. The van der Waals surface area contributed by atoms with Crippen molar-refractivity contribution in [1.29, 1.82) is 0 Å². The highest BCUT2D eigenvalue weighted by Gasteiger charge is 2.39. The van der Waals surface area contributed by atoms with Crippen molar-refractivity contribution in [1.82, 2.24) is 9.97 Å². The molecule has 1 aliphatic heterocycles. The first-order valence-corrected chi connectivity index (χ1v) is 6.71. The first-order chi connectivity index (χ1) is 8.91. The zero-order valence-electron chi connectivity index (χ0n) is 11.8. The molecular weight excluding hydrogens is 238 g/mol. The molecule has 0 saturated heterocycles. The summed E-state index contributed by atoms with van der Waals surface area (Å²) in [5.41, 5.74) is 3.66. The number of aromatic nitrogens is 2. The molecule has 0 aliphatic carbocycles. The number of hydrogen-bond donors (Lipinski definition) is 2. The Bertz CT molecular complexity index is 671. The topological polar surface area (TPSA) is 57.8 Å². The van der Waals surface area contributed by atoms with Crippen molar-refractivity contribution in [2.75, 3.05) is 11.9 Å². The van der Waals surface area contributed by atoms with E-state index in [1.165, 1.54) is 0 Å². The van der Waals surface area contributed by atoms with E-state index in [0.29, 0.717) is 12.5 Å². The van der Waals surface area contributed by atoms with Crippen molar-refractivity contribution in [2.45, 2.75) is 39.0 Å². The molecule has 0 bridgehead atoms. The van der Waals surface area contributed by atoms with Gasteiger partial charge in [0.25, 0.3) is 0 Å². The lowest BCUT2D eigenvalue weighted by atomic mass is 9.81. The number of anilines is 1. The molecule has 4 heteroatoms. The van der Waals surface area contributed by atoms with Gasteiger partial charge in [-0.15, -0.1) is 0 Å². The quantitative estimate of drug-likeness (QED) is 0.869. The number of imidazole rings is 1. The highest BCUT2D eigenvalue weighted by molar-refractivity contribution is 5.95. The molecule has 100 valence electrons. The number of carbonyl (C=O) groups excluding carboxylic acids is 1. The third kappa shape index (κ3) is 1.66. The van der Waals surface area contributed by atoms with Crippen molar-refractivity contribution < 1.29 is 4.79 Å². The molecule has 1 atom stereocenters. The van der Waals surface area contributed by atoms with Crippen LogP contribution in [0.25, 0.3) is 11.0 Å². The molecule has 0 amide bonds. The number of nitrogens with zero attached hydrogens (tertiary/aromatic N) is 1. The maximum absolute atomic E-state index is 11.9. The summed E-state index contributed by atoms with van der Waals surface area (Å²) in [5, 5.41) is 3.33. The summed E-state index contributed by atoms with van der Waals surface area (Å²) in [5.74, 6) is 1.55. The van der Waals surface area contributed by atoms with Gasteiger partial charge in [-0.05, 0) is 31.5 Å². The van der Waals surface area contributed by atoms with Crippen LogP contribution < -0.4 is 5.32 Å². The standard InChI is InChI=1S/C15H19N3O/c1-8(2)14-17-12-5-10-11(6-13(12)18-14)16-7-15(10,4)9(3)19/h5-6,8,16H,7H2,1-4H3,(H,17,18). The van der Waals surface area contributed by atoms with Crippen molar-refractivity contribution in [3.63, 3.8) is 0 Å². The van der Waals surface area contributed by atoms with Crippen LogP contribution in [0.15, 0.2) is 12.1 Å². The maximum Gasteiger partial charge on any atom is 0.141 e. The van der Waals surface area contributed by atoms with Gasteiger partial charge < -0.3 is 10.3 Å². The fourth-order valence-corrected chi connectivity index (χ4v) is 2.63. The van der Waals surface area contributed by atoms with Gasteiger partial charge in [0.05, 0.1) is 16.4 Å². The molecule has 1 aliphatic rings. The Morgan fingerprint density at radius 2 is 2.16 bits per heavy atom. The summed E-state index contributed by atoms with van der Waals surface area (Å²) in [4.78, 5) is 19.9. The summed E-state index contributed by atoms with van der Waals surface area (Å²) in [6.07, 6.45) is 0. The van der Waals surface area contributed by atoms with Crippen LogP contribution >= 0.6 is 0 Å². The van der Waals surface area contributed by atoms with Crippen LogP contribution in [-0.2, 0) is 10.2 Å². The maximum atomic E-state index is 11.9. The van der Waals surface area contributed by atoms with Crippen molar-refractivity contribution in [2.24, 2.45) is 0 Å². The molecule has 2 N–H and O–H groups in total. The molecule has 0 spiro atoms. The van der Waals surface area contributed by atoms with E-state index in [2.05, 4.69) is 35.2 Å². The predicted molar refractivity (Wildman–Crippen MR) is 76.7 cm³/mol. The SMILES string of the molecule is CC(=O)C1(C)CNc2cc3nc(C(C)C)[nH]c3cc21. The van der Waals surface area contributed by atoms with Gasteiger partial charge in [0.15, 0.2) is 0 Å². The van der Waals surface area contributed by atoms with Crippen LogP contribution in [0.3, 0.4) is 0 Å². The van der Waals surface area contributed by atoms with Crippen LogP contribution in [0.5, 0.6) is 0 Å². The Morgan fingerprint density at radius 3 is 2.79 bits per heavy atom. The third-order valence-electron chi connectivity index (χ3n) is 4.19. The molecule has 0 fully saturated rings. The van der Waals surface area contributed by atoms with Gasteiger partial charge in [-0.2, -0.15) is 0 Å². The Labute approximate surface area is 112 Å². The Kier molecular flexibility index (Phi) is 2.46. The monoisotopic (exact) mass is 257 g/mol. The Morgan fingerprint density at radius 1 is 1.42 bits per heavy atom. The number of benzene rings is 1. The number of hydrogen-bond acceptors (Lipinski definition) is 3. The fourth-order valence-electron chi connectivity index (χ4n) is 2.63. The van der Waals surface area contributed by atoms with E-state index in [0.717, 1.165) is 28.1 Å². The number of aromatic amines is 1. The van der Waals surface area contributed by atoms with E-state index in [-0.39, 0.29) is 5.78 Å². The summed E-state index contributed by atoms with van der Waals surface area (Å²) in [7, 11) is 0. The van der Waals surface area contributed by atoms with Crippen molar-refractivity contribution >= 4 is 22.5 Å². The van der Waals surface area contributed by atoms with Crippen LogP contribution in [0.1, 0.15) is 45.0 Å². The third-order valence-corrected chi connectivity index (χ3v) is 4.19. The lowest BCUT2D eigenvalue weighted by Crippen LogP contribution is -2.32. The molecule has 0 radical (unpaired) electrons. The highest BCUT2D eigenvalue weighted by atomic mass is 16.1. The molecule has 0 saturated carbocycles. The molecule has 2 heterocycles. The fraction of sp³-hybridized carbons (Fsp3) is 0.467. The van der Waals surface area contributed by atoms with E-state index >= 15 is 0 Å². The number of H-pyrrole nitrogens is 1. The number of fused-ring (bicyclic) bond motifs is 2. The lowest BCUT2D eigenvalue weighted by molar-refractivity contribution is -0.121. The van der Waals surface area contributed by atoms with E-state index in [1.807, 2.05) is 13.0 Å². The van der Waals surface area contributed by atoms with E-state index in [4.69, 9.17) is 0 Å². The predicted octanol–water partition coefficient (Wildman–Crippen LogP) is 2.96. The largest absolute Gasteiger partial charge is 0.383 e. The van der Waals surface area contributed by atoms with Gasteiger partial charge in [-0.25, -0.2) is 4.98 Å². The second-order valence-corrected chi connectivity index (χ2v) is 5.93. The van der Waals surface area contributed by atoms with E-state index < -0.39 is 5.41 Å². The molecule has 1 unspecified atom stereocenters. The normalized spacial score (nSPS) is 21.7. The number of carbonyl (C=O) groups is 1. The molecule has 3 rings (SSSR count). The van der Waals surface area contributed by atoms with Crippen LogP contribution in [-0.4, -0.2) is 22.3 Å². The summed E-state index contributed by atoms with van der Waals surface area (Å²) in [6, 6.07) is 4.12. The first kappa shape index (κ1) is 12.2. The number of rotatable bonds is 2. The summed E-state index contributed by atoms with van der Waals surface area (Å²) >= 11 is 0. The molecule has 2 aromatic rings. The zero-order chi connectivity index (χ0) is 13.8. The van der Waals surface area contributed by atoms with Crippen molar-refractivity contribution in [3.8, 4) is 0 Å². The van der Waals surface area contributed by atoms with Crippen LogP contribution in [0.4, 0.5) is 5.69 Å². The summed E-state index contributed by atoms with van der Waals surface area (Å²) in [6.45, 7) is 8.56. The smallest absolute Gasteiger partial charge is 0.141 e. The molecule has 1 aromatic carbocycles. The first-order valence-electron chi connectivity index (χ1n) is 6.71. The number of Topliss-reactive ketones (excluding diaryl/α,β-unsaturated/α-hetero) is 1. The second kappa shape index (κ2) is 3.83. The van der Waals surface area contributed by atoms with Gasteiger partial charge in [0, 0.05) is 18.2 Å². The molecular formula is C15H19N3O. The summed E-state index contributed by atoms with van der Waals surface area (Å²) < 4.78 is 0. The van der Waals surface area contributed by atoms with Gasteiger partial charge >= 0.3 is 0 Å². The van der Waals surface area contributed by atoms with Gasteiger partial charge in [-0.3, -0.25) is 4.79 Å². The van der Waals surface area contributed by atoms with Gasteiger partial charge in [0.2, 0.25) is 0 Å². The molecule has 19 heavy (non-hydrogen) atoms. The minimum Gasteiger partial charge on any atom is -0.383 e. The zero-order valence-corrected chi connectivity index (χ0v) is 11.8. The van der Waals surface area contributed by atoms with Crippen molar-refractivity contribution in [3.05, 3.63) is 23.5 Å². The van der Waals surface area contributed by atoms with Crippen LogP contribution in [0, 0.1) is 0 Å². The van der Waals surface area contributed by atoms with Gasteiger partial charge in [-0.1, -0.05) is 13.8 Å².